The number of carbonyl (C=O) groups excluding carboxylic acids is 1. The minimum absolute atomic E-state index is 0.0672. The standard InChI is InChI=1S/C19H13ClFN5O/c1-11-9-12(19(27)23-15-6-5-13(20)10-14(15)21)4-7-17(11)26-18-16(24-25-26)3-2-8-22-18/h2-10H,1H3,(H,23,27). The molecule has 0 radical (unpaired) electrons. The number of pyridine rings is 1. The molecule has 2 heterocycles. The molecule has 0 fully saturated rings. The van der Waals surface area contributed by atoms with E-state index in [0.29, 0.717) is 16.7 Å². The number of fused-ring (bicyclic) bond motifs is 1. The maximum Gasteiger partial charge on any atom is 0.255 e. The molecular weight excluding hydrogens is 369 g/mol. The van der Waals surface area contributed by atoms with Crippen LogP contribution in [-0.4, -0.2) is 25.9 Å². The van der Waals surface area contributed by atoms with Gasteiger partial charge in [-0.2, -0.15) is 4.68 Å². The predicted octanol–water partition coefficient (Wildman–Crippen LogP) is 4.17. The summed E-state index contributed by atoms with van der Waals surface area (Å²) in [6, 6.07) is 12.8. The summed E-state index contributed by atoms with van der Waals surface area (Å²) in [6.07, 6.45) is 1.67. The highest BCUT2D eigenvalue weighted by Gasteiger charge is 2.14. The highest BCUT2D eigenvalue weighted by Crippen LogP contribution is 2.22. The maximum atomic E-state index is 13.9. The summed E-state index contributed by atoms with van der Waals surface area (Å²) in [6.45, 7) is 1.85. The van der Waals surface area contributed by atoms with Crippen molar-refractivity contribution in [3.63, 3.8) is 0 Å². The van der Waals surface area contributed by atoms with Gasteiger partial charge in [-0.3, -0.25) is 4.79 Å². The molecule has 0 aliphatic heterocycles. The van der Waals surface area contributed by atoms with E-state index >= 15 is 0 Å². The van der Waals surface area contributed by atoms with Crippen LogP contribution in [-0.2, 0) is 0 Å². The van der Waals surface area contributed by atoms with Crippen molar-refractivity contribution in [2.24, 2.45) is 0 Å². The van der Waals surface area contributed by atoms with Gasteiger partial charge in [0.2, 0.25) is 0 Å². The third-order valence-corrected chi connectivity index (χ3v) is 4.31. The quantitative estimate of drug-likeness (QED) is 0.578. The van der Waals surface area contributed by atoms with Crippen LogP contribution in [0.1, 0.15) is 15.9 Å². The average Bonchev–Trinajstić information content (AvgIpc) is 3.08. The molecule has 27 heavy (non-hydrogen) atoms. The Morgan fingerprint density at radius 3 is 2.81 bits per heavy atom. The Morgan fingerprint density at radius 1 is 1.19 bits per heavy atom. The van der Waals surface area contributed by atoms with E-state index in [9.17, 15) is 9.18 Å². The topological polar surface area (TPSA) is 72.7 Å². The average molecular weight is 382 g/mol. The number of carbonyl (C=O) groups is 1. The van der Waals surface area contributed by atoms with Crippen LogP contribution in [0.5, 0.6) is 0 Å². The lowest BCUT2D eigenvalue weighted by atomic mass is 10.1. The number of anilines is 1. The van der Waals surface area contributed by atoms with Gasteiger partial charge in [0.05, 0.1) is 11.4 Å². The van der Waals surface area contributed by atoms with Crippen molar-refractivity contribution in [1.29, 1.82) is 0 Å². The maximum absolute atomic E-state index is 13.9. The Kier molecular flexibility index (Phi) is 4.29. The van der Waals surface area contributed by atoms with E-state index in [1.54, 1.807) is 35.1 Å². The molecule has 4 aromatic rings. The van der Waals surface area contributed by atoms with Gasteiger partial charge in [0.15, 0.2) is 5.65 Å². The number of amides is 1. The molecule has 0 aliphatic carbocycles. The van der Waals surface area contributed by atoms with Gasteiger partial charge in [0, 0.05) is 16.8 Å². The van der Waals surface area contributed by atoms with Gasteiger partial charge in [-0.15, -0.1) is 5.10 Å². The second-order valence-electron chi connectivity index (χ2n) is 5.93. The molecular formula is C19H13ClFN5O. The summed E-state index contributed by atoms with van der Waals surface area (Å²) >= 11 is 5.73. The van der Waals surface area contributed by atoms with Gasteiger partial charge in [-0.25, -0.2) is 9.37 Å². The molecule has 0 saturated heterocycles. The minimum atomic E-state index is -0.593. The zero-order chi connectivity index (χ0) is 19.0. The first-order chi connectivity index (χ1) is 13.0. The first-order valence-corrected chi connectivity index (χ1v) is 8.44. The molecule has 0 saturated carbocycles. The van der Waals surface area contributed by atoms with E-state index in [2.05, 4.69) is 20.6 Å². The van der Waals surface area contributed by atoms with Crippen molar-refractivity contribution in [3.8, 4) is 5.69 Å². The first kappa shape index (κ1) is 17.1. The minimum Gasteiger partial charge on any atom is -0.319 e. The Morgan fingerprint density at radius 2 is 2.04 bits per heavy atom. The van der Waals surface area contributed by atoms with Crippen LogP contribution in [0.15, 0.2) is 54.7 Å². The fourth-order valence-electron chi connectivity index (χ4n) is 2.75. The highest BCUT2D eigenvalue weighted by atomic mass is 35.5. The second-order valence-corrected chi connectivity index (χ2v) is 6.36. The van der Waals surface area contributed by atoms with Gasteiger partial charge >= 0.3 is 0 Å². The molecule has 2 aromatic carbocycles. The lowest BCUT2D eigenvalue weighted by Crippen LogP contribution is -2.13. The van der Waals surface area contributed by atoms with Crippen LogP contribution in [0.4, 0.5) is 10.1 Å². The van der Waals surface area contributed by atoms with Crippen molar-refractivity contribution in [3.05, 3.63) is 76.7 Å². The van der Waals surface area contributed by atoms with Gasteiger partial charge < -0.3 is 5.32 Å². The molecule has 6 nitrogen and oxygen atoms in total. The van der Waals surface area contributed by atoms with Crippen LogP contribution < -0.4 is 5.32 Å². The number of aryl methyl sites for hydroxylation is 1. The SMILES string of the molecule is Cc1cc(C(=O)Nc2ccc(Cl)cc2F)ccc1-n1nnc2cccnc21. The summed E-state index contributed by atoms with van der Waals surface area (Å²) in [7, 11) is 0. The highest BCUT2D eigenvalue weighted by molar-refractivity contribution is 6.30. The van der Waals surface area contributed by atoms with Gasteiger partial charge in [0.25, 0.3) is 5.91 Å². The smallest absolute Gasteiger partial charge is 0.255 e. The van der Waals surface area contributed by atoms with Crippen molar-refractivity contribution in [2.45, 2.75) is 6.92 Å². The number of benzene rings is 2. The predicted molar refractivity (Wildman–Crippen MR) is 101 cm³/mol. The summed E-state index contributed by atoms with van der Waals surface area (Å²) < 4.78 is 15.5. The number of hydrogen-bond donors (Lipinski definition) is 1. The molecule has 0 unspecified atom stereocenters. The summed E-state index contributed by atoms with van der Waals surface area (Å²) in [5.41, 5.74) is 3.32. The van der Waals surface area contributed by atoms with Crippen molar-refractivity contribution in [1.82, 2.24) is 20.0 Å². The van der Waals surface area contributed by atoms with Crippen LogP contribution >= 0.6 is 11.6 Å². The van der Waals surface area contributed by atoms with Crippen LogP contribution in [0.2, 0.25) is 5.02 Å². The lowest BCUT2D eigenvalue weighted by Gasteiger charge is -2.10. The van der Waals surface area contributed by atoms with E-state index in [-0.39, 0.29) is 10.7 Å². The van der Waals surface area contributed by atoms with Crippen molar-refractivity contribution < 1.29 is 9.18 Å². The van der Waals surface area contributed by atoms with Crippen LogP contribution in [0.25, 0.3) is 16.9 Å². The Hall–Kier alpha value is -3.32. The zero-order valence-corrected chi connectivity index (χ0v) is 14.9. The molecule has 1 amide bonds. The molecule has 0 atom stereocenters. The molecule has 134 valence electrons. The van der Waals surface area contributed by atoms with Crippen LogP contribution in [0, 0.1) is 12.7 Å². The number of aromatic nitrogens is 4. The molecule has 0 spiro atoms. The van der Waals surface area contributed by atoms with E-state index in [0.717, 1.165) is 17.3 Å². The van der Waals surface area contributed by atoms with Crippen LogP contribution in [0.3, 0.4) is 0 Å². The molecule has 1 N–H and O–H groups in total. The molecule has 4 rings (SSSR count). The number of nitrogens with one attached hydrogen (secondary N) is 1. The van der Waals surface area contributed by atoms with Crippen molar-refractivity contribution in [2.75, 3.05) is 5.32 Å². The Bertz CT molecular complexity index is 1170. The first-order valence-electron chi connectivity index (χ1n) is 8.07. The van der Waals surface area contributed by atoms with Gasteiger partial charge in [0.1, 0.15) is 11.3 Å². The van der Waals surface area contributed by atoms with Gasteiger partial charge in [-0.1, -0.05) is 16.8 Å². The molecule has 0 bridgehead atoms. The zero-order valence-electron chi connectivity index (χ0n) is 14.1. The number of rotatable bonds is 3. The fraction of sp³-hybridized carbons (Fsp3) is 0.0526. The summed E-state index contributed by atoms with van der Waals surface area (Å²) in [5, 5.41) is 11.0. The third kappa shape index (κ3) is 3.24. The van der Waals surface area contributed by atoms with Crippen molar-refractivity contribution >= 4 is 34.4 Å². The molecule has 8 heteroatoms. The number of hydrogen-bond acceptors (Lipinski definition) is 4. The van der Waals surface area contributed by atoms with Gasteiger partial charge in [-0.05, 0) is 61.0 Å². The van der Waals surface area contributed by atoms with E-state index < -0.39 is 11.7 Å². The summed E-state index contributed by atoms with van der Waals surface area (Å²) in [5.74, 6) is -1.02. The number of halogens is 2. The lowest BCUT2D eigenvalue weighted by molar-refractivity contribution is 0.102. The monoisotopic (exact) mass is 381 g/mol. The van der Waals surface area contributed by atoms with E-state index in [4.69, 9.17) is 11.6 Å². The largest absolute Gasteiger partial charge is 0.319 e. The Balaban J connectivity index is 1.64. The fourth-order valence-corrected chi connectivity index (χ4v) is 2.91. The van der Waals surface area contributed by atoms with E-state index in [1.807, 2.05) is 13.0 Å². The molecule has 0 aliphatic rings. The second kappa shape index (κ2) is 6.77. The molecule has 2 aromatic heterocycles. The van der Waals surface area contributed by atoms with E-state index in [1.165, 1.54) is 12.1 Å². The normalized spacial score (nSPS) is 10.9. The summed E-state index contributed by atoms with van der Waals surface area (Å²) in [4.78, 5) is 16.8. The Labute approximate surface area is 158 Å². The third-order valence-electron chi connectivity index (χ3n) is 4.08. The number of nitrogens with zero attached hydrogens (tertiary/aromatic N) is 4.